The Morgan fingerprint density at radius 1 is 0.551 bits per heavy atom. The van der Waals surface area contributed by atoms with E-state index in [0.717, 1.165) is 94.6 Å². The van der Waals surface area contributed by atoms with Crippen LogP contribution in [0.15, 0.2) is 187 Å². The van der Waals surface area contributed by atoms with Crippen LogP contribution < -0.4 is 14.5 Å². The first-order valence-corrected chi connectivity index (χ1v) is 23.3. The van der Waals surface area contributed by atoms with E-state index in [-0.39, 0.29) is 31.9 Å². The van der Waals surface area contributed by atoms with Gasteiger partial charge in [-0.05, 0) is 87.0 Å². The number of fused-ring (bicyclic) bond motifs is 7. The molecule has 0 saturated heterocycles. The smallest absolute Gasteiger partial charge is 0.141 e. The summed E-state index contributed by atoms with van der Waals surface area (Å²) in [4.78, 5) is 9.48. The van der Waals surface area contributed by atoms with Crippen LogP contribution in [0.1, 0.15) is 52.7 Å². The van der Waals surface area contributed by atoms with Gasteiger partial charge in [-0.15, -0.1) is 48.3 Å². The summed E-state index contributed by atoms with van der Waals surface area (Å²) in [7, 11) is 0. The van der Waals surface area contributed by atoms with E-state index >= 15 is 0 Å². The second kappa shape index (κ2) is 17.0. The zero-order chi connectivity index (χ0) is 46.3. The molecule has 3 aromatic heterocycles. The molecule has 11 aromatic rings. The maximum Gasteiger partial charge on any atom is 0.141 e. The van der Waals surface area contributed by atoms with Crippen molar-refractivity contribution in [3.63, 3.8) is 0 Å². The third-order valence-electron chi connectivity index (χ3n) is 13.3. The van der Waals surface area contributed by atoms with Gasteiger partial charge in [-0.25, -0.2) is 4.98 Å². The Labute approximate surface area is 417 Å². The number of pyridine rings is 1. The van der Waals surface area contributed by atoms with Crippen LogP contribution in [0.25, 0.3) is 71.8 Å². The summed E-state index contributed by atoms with van der Waals surface area (Å²) in [6.07, 6.45) is 1.91. The molecule has 0 amide bonds. The van der Waals surface area contributed by atoms with Gasteiger partial charge in [0, 0.05) is 77.7 Å². The SMILES string of the molecule is CC(C)(C)c1cccc(N2[CH-]N(c3[c-]c(Oc4[c-]c5c(c(-c6cccc7c6oc6ccccc67)c4)c4ccccc4n5-c4cc(C(C)(C)C)ccn4)ccc3)c3cc(-c4ccccc4)ccc32)c1.[Pt]. The number of aromatic nitrogens is 2. The normalized spacial score (nSPS) is 12.8. The summed E-state index contributed by atoms with van der Waals surface area (Å²) in [6, 6.07) is 69.2. The average Bonchev–Trinajstić information content (AvgIpc) is 4.04. The molecular weight excluding hydrogens is 1030 g/mol. The van der Waals surface area contributed by atoms with Crippen LogP contribution in [-0.4, -0.2) is 9.55 Å². The minimum Gasteiger partial charge on any atom is -0.509 e. The standard InChI is InChI=1S/C62H49N4O2.Pt/c1-61(2,3)42-19-14-20-44(34-42)64-39-65(55-33-41(29-30-54(55)64)40-17-8-7-9-18-40)45-21-15-22-46(36-45)67-47-37-52(50-26-16-25-49-48-23-11-13-28-57(48)68-60(49)50)59-51-24-10-12-27-53(51)66(56(59)38-47)58-35-43(31-32-63-58)62(4,5)6;/h7-35,37,39H,1-6H3;/q-3;. The van der Waals surface area contributed by atoms with Crippen molar-refractivity contribution in [3.8, 4) is 39.6 Å². The van der Waals surface area contributed by atoms with E-state index in [1.165, 1.54) is 11.1 Å². The van der Waals surface area contributed by atoms with Crippen LogP contribution in [0.3, 0.4) is 0 Å². The van der Waals surface area contributed by atoms with Gasteiger partial charge in [-0.2, -0.15) is 6.07 Å². The molecule has 1 aliphatic rings. The molecule has 0 aliphatic carbocycles. The molecule has 4 heterocycles. The number of anilines is 4. The van der Waals surface area contributed by atoms with E-state index < -0.39 is 0 Å². The first-order chi connectivity index (χ1) is 33.0. The summed E-state index contributed by atoms with van der Waals surface area (Å²) in [5, 5.41) is 4.26. The first kappa shape index (κ1) is 44.1. The Kier molecular flexibility index (Phi) is 10.9. The summed E-state index contributed by atoms with van der Waals surface area (Å²) in [5.41, 5.74) is 14.2. The van der Waals surface area contributed by atoms with Crippen molar-refractivity contribution >= 4 is 66.5 Å². The molecule has 12 rings (SSSR count). The van der Waals surface area contributed by atoms with Crippen molar-refractivity contribution in [2.75, 3.05) is 9.80 Å². The molecule has 7 heteroatoms. The molecule has 0 saturated carbocycles. The molecule has 342 valence electrons. The summed E-state index contributed by atoms with van der Waals surface area (Å²) in [6.45, 7) is 15.6. The van der Waals surface area contributed by atoms with Crippen LogP contribution in [0.5, 0.6) is 11.5 Å². The number of hydrogen-bond acceptors (Lipinski definition) is 5. The van der Waals surface area contributed by atoms with E-state index in [9.17, 15) is 0 Å². The van der Waals surface area contributed by atoms with Gasteiger partial charge in [0.15, 0.2) is 0 Å². The van der Waals surface area contributed by atoms with Crippen LogP contribution >= 0.6 is 0 Å². The monoisotopic (exact) mass is 1080 g/mol. The molecule has 0 bridgehead atoms. The second-order valence-electron chi connectivity index (χ2n) is 19.8. The van der Waals surface area contributed by atoms with E-state index in [2.05, 4.69) is 226 Å². The zero-order valence-electron chi connectivity index (χ0n) is 39.3. The van der Waals surface area contributed by atoms with Gasteiger partial charge >= 0.3 is 0 Å². The number of ether oxygens (including phenoxy) is 1. The number of para-hydroxylation sites is 3. The van der Waals surface area contributed by atoms with Gasteiger partial charge in [0.05, 0.1) is 0 Å². The number of benzene rings is 8. The molecule has 69 heavy (non-hydrogen) atoms. The van der Waals surface area contributed by atoms with Gasteiger partial charge in [-0.3, -0.25) is 0 Å². The predicted octanol–water partition coefficient (Wildman–Crippen LogP) is 16.8. The average molecular weight is 1080 g/mol. The largest absolute Gasteiger partial charge is 0.509 e. The topological polar surface area (TPSA) is 46.7 Å². The molecule has 6 nitrogen and oxygen atoms in total. The van der Waals surface area contributed by atoms with Crippen LogP contribution in [0, 0.1) is 18.8 Å². The fraction of sp³-hybridized carbons (Fsp3) is 0.129. The van der Waals surface area contributed by atoms with Gasteiger partial charge in [-0.1, -0.05) is 156 Å². The molecule has 0 atom stereocenters. The quantitative estimate of drug-likeness (QED) is 0.149. The minimum atomic E-state index is -0.0821. The van der Waals surface area contributed by atoms with Crippen molar-refractivity contribution < 1.29 is 30.2 Å². The summed E-state index contributed by atoms with van der Waals surface area (Å²) in [5.74, 6) is 1.92. The maximum absolute atomic E-state index is 7.00. The van der Waals surface area contributed by atoms with Gasteiger partial charge in [0.2, 0.25) is 0 Å². The molecule has 8 aromatic carbocycles. The Morgan fingerprint density at radius 3 is 2.10 bits per heavy atom. The Bertz CT molecular complexity index is 3740. The number of hydrogen-bond donors (Lipinski definition) is 0. The first-order valence-electron chi connectivity index (χ1n) is 23.3. The fourth-order valence-corrected chi connectivity index (χ4v) is 9.70. The molecule has 0 fully saturated rings. The molecule has 1 aliphatic heterocycles. The van der Waals surface area contributed by atoms with Crippen LogP contribution in [0.2, 0.25) is 0 Å². The predicted molar refractivity (Wildman–Crippen MR) is 280 cm³/mol. The molecular formula is C62H49N4O2Pt-3. The van der Waals surface area contributed by atoms with E-state index in [1.807, 2.05) is 30.5 Å². The zero-order valence-corrected chi connectivity index (χ0v) is 41.6. The molecule has 0 N–H and O–H groups in total. The van der Waals surface area contributed by atoms with Gasteiger partial charge in [0.1, 0.15) is 17.0 Å². The number of nitrogens with zero attached hydrogens (tertiary/aromatic N) is 4. The van der Waals surface area contributed by atoms with Crippen molar-refractivity contribution in [3.05, 3.63) is 212 Å². The van der Waals surface area contributed by atoms with Gasteiger partial charge in [0.25, 0.3) is 0 Å². The Morgan fingerprint density at radius 2 is 1.28 bits per heavy atom. The van der Waals surface area contributed by atoms with E-state index in [0.29, 0.717) is 11.5 Å². The van der Waals surface area contributed by atoms with Crippen molar-refractivity contribution in [2.24, 2.45) is 0 Å². The van der Waals surface area contributed by atoms with Crippen LogP contribution in [0.4, 0.5) is 22.7 Å². The molecule has 0 spiro atoms. The van der Waals surface area contributed by atoms with E-state index in [4.69, 9.17) is 14.1 Å². The molecule has 0 radical (unpaired) electrons. The molecule has 0 unspecified atom stereocenters. The summed E-state index contributed by atoms with van der Waals surface area (Å²) < 4.78 is 15.9. The number of rotatable bonds is 7. The Balaban J connectivity index is 0.00000520. The minimum absolute atomic E-state index is 0. The Hall–Kier alpha value is -7.40. The van der Waals surface area contributed by atoms with Crippen LogP contribution in [-0.2, 0) is 31.9 Å². The van der Waals surface area contributed by atoms with Crippen molar-refractivity contribution in [1.29, 1.82) is 0 Å². The van der Waals surface area contributed by atoms with Gasteiger partial charge < -0.3 is 23.5 Å². The fourth-order valence-electron chi connectivity index (χ4n) is 9.70. The second-order valence-corrected chi connectivity index (χ2v) is 19.8. The third kappa shape index (κ3) is 7.77. The maximum atomic E-state index is 7.00. The van der Waals surface area contributed by atoms with Crippen molar-refractivity contribution in [1.82, 2.24) is 9.55 Å². The third-order valence-corrected chi connectivity index (χ3v) is 13.3. The van der Waals surface area contributed by atoms with E-state index in [1.54, 1.807) is 0 Å². The summed E-state index contributed by atoms with van der Waals surface area (Å²) >= 11 is 0. The number of furan rings is 1. The van der Waals surface area contributed by atoms with Crippen molar-refractivity contribution in [2.45, 2.75) is 52.4 Å².